The van der Waals surface area contributed by atoms with Crippen LogP contribution in [0.1, 0.15) is 61.6 Å². The lowest BCUT2D eigenvalue weighted by molar-refractivity contribution is 0.0511. The van der Waals surface area contributed by atoms with Crippen molar-refractivity contribution in [2.75, 3.05) is 37.7 Å². The first-order valence-corrected chi connectivity index (χ1v) is 14.2. The summed E-state index contributed by atoms with van der Waals surface area (Å²) >= 11 is 0. The molecule has 200 valence electrons. The number of piperazine rings is 1. The Bertz CT molecular complexity index is 1180. The van der Waals surface area contributed by atoms with Crippen LogP contribution in [0.4, 0.5) is 5.69 Å². The predicted molar refractivity (Wildman–Crippen MR) is 157 cm³/mol. The fourth-order valence-corrected chi connectivity index (χ4v) is 5.94. The molecule has 2 aliphatic rings. The third-order valence-electron chi connectivity index (χ3n) is 8.02. The summed E-state index contributed by atoms with van der Waals surface area (Å²) in [4.78, 5) is 9.14. The first-order chi connectivity index (χ1) is 18.7. The van der Waals surface area contributed by atoms with Gasteiger partial charge in [0.25, 0.3) is 0 Å². The molecule has 2 aromatic carbocycles. The summed E-state index contributed by atoms with van der Waals surface area (Å²) in [5, 5.41) is 10.9. The van der Waals surface area contributed by atoms with Gasteiger partial charge in [0.1, 0.15) is 18.5 Å². The highest BCUT2D eigenvalue weighted by atomic mass is 16.5. The Kier molecular flexibility index (Phi) is 9.11. The van der Waals surface area contributed by atoms with Crippen LogP contribution in [-0.2, 0) is 0 Å². The lowest BCUT2D eigenvalue weighted by atomic mass is 9.83. The summed E-state index contributed by atoms with van der Waals surface area (Å²) in [6.07, 6.45) is 13.9. The topological polar surface area (TPSA) is 48.8 Å². The van der Waals surface area contributed by atoms with Crippen molar-refractivity contribution >= 4 is 17.8 Å². The maximum Gasteiger partial charge on any atom is 0.126 e. The number of anilines is 1. The average Bonchev–Trinajstić information content (AvgIpc) is 2.97. The van der Waals surface area contributed by atoms with Gasteiger partial charge in [-0.2, -0.15) is 0 Å². The van der Waals surface area contributed by atoms with Crippen molar-refractivity contribution in [3.63, 3.8) is 0 Å². The minimum Gasteiger partial charge on any atom is -0.490 e. The van der Waals surface area contributed by atoms with Crippen LogP contribution < -0.4 is 9.64 Å². The van der Waals surface area contributed by atoms with Crippen molar-refractivity contribution in [2.24, 2.45) is 0 Å². The van der Waals surface area contributed by atoms with Gasteiger partial charge in [-0.3, -0.25) is 9.88 Å². The summed E-state index contributed by atoms with van der Waals surface area (Å²) < 4.78 is 6.08. The van der Waals surface area contributed by atoms with E-state index in [1.165, 1.54) is 43.4 Å². The minimum atomic E-state index is -0.547. The van der Waals surface area contributed by atoms with E-state index in [-0.39, 0.29) is 6.61 Å². The molecule has 2 heterocycles. The zero-order chi connectivity index (χ0) is 26.2. The first-order valence-electron chi connectivity index (χ1n) is 14.2. The summed E-state index contributed by atoms with van der Waals surface area (Å²) in [5.41, 5.74) is 4.99. The van der Waals surface area contributed by atoms with E-state index in [2.05, 4.69) is 46.0 Å². The van der Waals surface area contributed by atoms with Gasteiger partial charge >= 0.3 is 0 Å². The van der Waals surface area contributed by atoms with Crippen LogP contribution in [-0.4, -0.2) is 59.9 Å². The van der Waals surface area contributed by atoms with E-state index >= 15 is 0 Å². The summed E-state index contributed by atoms with van der Waals surface area (Å²) in [7, 11) is 0. The van der Waals surface area contributed by atoms with Crippen LogP contribution in [0.2, 0.25) is 0 Å². The van der Waals surface area contributed by atoms with Crippen LogP contribution in [0.3, 0.4) is 0 Å². The largest absolute Gasteiger partial charge is 0.490 e. The molecule has 0 spiro atoms. The van der Waals surface area contributed by atoms with Crippen molar-refractivity contribution in [3.8, 4) is 5.75 Å². The fourth-order valence-electron chi connectivity index (χ4n) is 5.94. The Balaban J connectivity index is 1.15. The zero-order valence-corrected chi connectivity index (χ0v) is 22.6. The van der Waals surface area contributed by atoms with Crippen molar-refractivity contribution in [1.82, 2.24) is 9.88 Å². The predicted octanol–water partition coefficient (Wildman–Crippen LogP) is 6.25. The number of hydrogen-bond acceptors (Lipinski definition) is 5. The Labute approximate surface area is 227 Å². The number of benzene rings is 2. The van der Waals surface area contributed by atoms with Crippen LogP contribution in [0.25, 0.3) is 12.2 Å². The molecule has 2 unspecified atom stereocenters. The second-order valence-corrected chi connectivity index (χ2v) is 10.8. The number of aromatic nitrogens is 1. The quantitative estimate of drug-likeness (QED) is 0.368. The van der Waals surface area contributed by atoms with E-state index in [0.717, 1.165) is 36.5 Å². The molecule has 1 saturated heterocycles. The number of nitrogens with zero attached hydrogens (tertiary/aromatic N) is 3. The normalized spacial score (nSPS) is 20.1. The number of β-amino-alcohol motifs (C(OH)–C–C–N with tert-alkyl or cyclic N) is 1. The highest BCUT2D eigenvalue weighted by molar-refractivity contribution is 5.72. The van der Waals surface area contributed by atoms with Gasteiger partial charge in [-0.05, 0) is 55.0 Å². The second kappa shape index (κ2) is 13.1. The number of hydrogen-bond donors (Lipinski definition) is 1. The van der Waals surface area contributed by atoms with Crippen molar-refractivity contribution in [1.29, 1.82) is 0 Å². The third kappa shape index (κ3) is 6.83. The van der Waals surface area contributed by atoms with Gasteiger partial charge in [-0.1, -0.05) is 73.9 Å². The zero-order valence-electron chi connectivity index (χ0n) is 22.6. The first kappa shape index (κ1) is 26.5. The molecule has 5 nitrogen and oxygen atoms in total. The molecule has 38 heavy (non-hydrogen) atoms. The van der Waals surface area contributed by atoms with E-state index in [4.69, 9.17) is 4.74 Å². The van der Waals surface area contributed by atoms with Crippen LogP contribution in [0, 0.1) is 0 Å². The molecule has 1 aliphatic heterocycles. The van der Waals surface area contributed by atoms with Gasteiger partial charge in [-0.25, -0.2) is 0 Å². The second-order valence-electron chi connectivity index (χ2n) is 10.8. The molecule has 1 aliphatic carbocycles. The highest BCUT2D eigenvalue weighted by Gasteiger charge is 2.28. The lowest BCUT2D eigenvalue weighted by Gasteiger charge is -2.43. The van der Waals surface area contributed by atoms with Gasteiger partial charge in [0.05, 0.1) is 0 Å². The number of aliphatic hydroxyl groups excluding tert-OH is 1. The van der Waals surface area contributed by atoms with Crippen LogP contribution in [0.15, 0.2) is 73.1 Å². The fraction of sp³-hybridized carbons (Fsp3) is 0.424. The number of aliphatic hydroxyl groups is 1. The molecule has 1 aromatic heterocycles. The Morgan fingerprint density at radius 1 is 0.974 bits per heavy atom. The molecule has 2 atom stereocenters. The molecule has 0 radical (unpaired) electrons. The van der Waals surface area contributed by atoms with E-state index in [1.807, 2.05) is 54.7 Å². The molecule has 0 bridgehead atoms. The number of rotatable bonds is 9. The molecule has 3 aromatic rings. The van der Waals surface area contributed by atoms with E-state index in [9.17, 15) is 5.11 Å². The Morgan fingerprint density at radius 3 is 2.61 bits per heavy atom. The van der Waals surface area contributed by atoms with Gasteiger partial charge < -0.3 is 14.7 Å². The SMILES string of the molecule is CC1CN(c2ccccc2C2CCCCC2)CCN1CC(O)COc1ccccc1C=Cc1cccnc1. The molecule has 1 N–H and O–H groups in total. The van der Waals surface area contributed by atoms with Gasteiger partial charge in [0, 0.05) is 55.9 Å². The molecule has 1 saturated carbocycles. The minimum absolute atomic E-state index is 0.273. The average molecular weight is 512 g/mol. The van der Waals surface area contributed by atoms with Crippen LogP contribution >= 0.6 is 0 Å². The molecule has 5 heteroatoms. The van der Waals surface area contributed by atoms with Gasteiger partial charge in [0.15, 0.2) is 0 Å². The molecular weight excluding hydrogens is 470 g/mol. The summed E-state index contributed by atoms with van der Waals surface area (Å²) in [6, 6.07) is 21.3. The Hall–Kier alpha value is -3.15. The molecule has 2 fully saturated rings. The monoisotopic (exact) mass is 511 g/mol. The van der Waals surface area contributed by atoms with Crippen molar-refractivity contribution in [3.05, 3.63) is 89.7 Å². The maximum absolute atomic E-state index is 10.9. The summed E-state index contributed by atoms with van der Waals surface area (Å²) in [6.45, 7) is 6.09. The van der Waals surface area contributed by atoms with Gasteiger partial charge in [0.2, 0.25) is 0 Å². The molecule has 0 amide bonds. The maximum atomic E-state index is 10.9. The Morgan fingerprint density at radius 2 is 1.79 bits per heavy atom. The van der Waals surface area contributed by atoms with Crippen molar-refractivity contribution in [2.45, 2.75) is 57.1 Å². The van der Waals surface area contributed by atoms with E-state index < -0.39 is 6.10 Å². The third-order valence-corrected chi connectivity index (χ3v) is 8.02. The van der Waals surface area contributed by atoms with E-state index in [1.54, 1.807) is 6.20 Å². The van der Waals surface area contributed by atoms with Gasteiger partial charge in [-0.15, -0.1) is 0 Å². The standard InChI is InChI=1S/C33H41N3O2/c1-26-23-36(32-15-7-6-14-31(32)28-11-3-2-4-12-28)21-20-35(26)24-30(37)25-38-33-16-8-5-13-29(33)18-17-27-10-9-19-34-22-27/h5-10,13-19,22,26,28,30,37H,2-4,11-12,20-21,23-25H2,1H3. The molecule has 5 rings (SSSR count). The van der Waals surface area contributed by atoms with E-state index in [0.29, 0.717) is 18.5 Å². The smallest absolute Gasteiger partial charge is 0.126 e. The van der Waals surface area contributed by atoms with Crippen LogP contribution in [0.5, 0.6) is 5.75 Å². The van der Waals surface area contributed by atoms with Crippen molar-refractivity contribution < 1.29 is 9.84 Å². The lowest BCUT2D eigenvalue weighted by Crippen LogP contribution is -2.54. The molecular formula is C33H41N3O2. The number of ether oxygens (including phenoxy) is 1. The number of para-hydroxylation sites is 2. The number of pyridine rings is 1. The highest BCUT2D eigenvalue weighted by Crippen LogP contribution is 2.38. The summed E-state index contributed by atoms with van der Waals surface area (Å²) in [5.74, 6) is 1.48.